The topological polar surface area (TPSA) is 8.17 Å². The van der Waals surface area contributed by atoms with E-state index in [1.807, 2.05) is 0 Å². The van der Waals surface area contributed by atoms with Crippen molar-refractivity contribution < 1.29 is 0 Å². The van der Waals surface area contributed by atoms with Crippen LogP contribution in [0.4, 0.5) is 17.1 Å². The Morgan fingerprint density at radius 1 is 0.242 bits per heavy atom. The van der Waals surface area contributed by atoms with Crippen molar-refractivity contribution in [2.45, 2.75) is 0 Å². The van der Waals surface area contributed by atoms with E-state index >= 15 is 0 Å². The van der Waals surface area contributed by atoms with Crippen molar-refractivity contribution in [2.24, 2.45) is 0 Å². The summed E-state index contributed by atoms with van der Waals surface area (Å²) in [6, 6.07) is 92.0. The van der Waals surface area contributed by atoms with Crippen molar-refractivity contribution >= 4 is 38.9 Å². The van der Waals surface area contributed by atoms with Crippen LogP contribution in [0, 0.1) is 0 Å². The van der Waals surface area contributed by atoms with Gasteiger partial charge in [0.25, 0.3) is 0 Å². The molecule has 2 heteroatoms. The largest absolute Gasteiger partial charge is 0.310 e. The third kappa shape index (κ3) is 6.65. The highest BCUT2D eigenvalue weighted by Crippen LogP contribution is 2.46. The Morgan fingerprint density at radius 3 is 1.21 bits per heavy atom. The third-order valence-corrected chi connectivity index (χ3v) is 12.1. The molecule has 292 valence electrons. The molecule has 0 N–H and O–H groups in total. The van der Waals surface area contributed by atoms with Crippen molar-refractivity contribution in [2.75, 3.05) is 4.90 Å². The second-order valence-electron chi connectivity index (χ2n) is 15.7. The second-order valence-corrected chi connectivity index (χ2v) is 15.7. The normalized spacial score (nSPS) is 11.2. The lowest BCUT2D eigenvalue weighted by Gasteiger charge is -2.29. The maximum absolute atomic E-state index is 2.41. The van der Waals surface area contributed by atoms with Crippen molar-refractivity contribution in [1.29, 1.82) is 0 Å². The number of rotatable bonds is 9. The average molecular weight is 791 g/mol. The van der Waals surface area contributed by atoms with Crippen LogP contribution in [0.5, 0.6) is 0 Å². The van der Waals surface area contributed by atoms with Crippen LogP contribution in [0.15, 0.2) is 255 Å². The smallest absolute Gasteiger partial charge is 0.0541 e. The summed E-state index contributed by atoms with van der Waals surface area (Å²) in [4.78, 5) is 2.41. The first-order valence-corrected chi connectivity index (χ1v) is 21.3. The number of benzene rings is 10. The van der Waals surface area contributed by atoms with E-state index in [0.29, 0.717) is 0 Å². The Hall–Kier alpha value is -8.20. The summed E-state index contributed by atoms with van der Waals surface area (Å²) in [7, 11) is 0. The number of hydrogen-bond donors (Lipinski definition) is 0. The van der Waals surface area contributed by atoms with Crippen molar-refractivity contribution in [3.8, 4) is 61.3 Å². The lowest BCUT2D eigenvalue weighted by atomic mass is 9.88. The molecule has 10 aromatic carbocycles. The zero-order valence-corrected chi connectivity index (χ0v) is 34.1. The molecule has 0 spiro atoms. The van der Waals surface area contributed by atoms with E-state index in [1.54, 1.807) is 0 Å². The van der Waals surface area contributed by atoms with Gasteiger partial charge in [-0.15, -0.1) is 0 Å². The molecular weight excluding hydrogens is 749 g/mol. The van der Waals surface area contributed by atoms with Gasteiger partial charge in [-0.05, 0) is 93.0 Å². The highest BCUT2D eigenvalue weighted by atomic mass is 15.1. The van der Waals surface area contributed by atoms with Gasteiger partial charge in [0, 0.05) is 33.3 Å². The van der Waals surface area contributed by atoms with E-state index in [2.05, 4.69) is 264 Å². The molecule has 2 nitrogen and oxygen atoms in total. The fraction of sp³-hybridized carbons (Fsp3) is 0. The van der Waals surface area contributed by atoms with Crippen LogP contribution in [-0.2, 0) is 0 Å². The molecule has 62 heavy (non-hydrogen) atoms. The molecule has 0 aliphatic carbocycles. The molecule has 1 heterocycles. The van der Waals surface area contributed by atoms with Crippen LogP contribution < -0.4 is 4.90 Å². The summed E-state index contributed by atoms with van der Waals surface area (Å²) in [6.07, 6.45) is 0. The molecule has 0 aliphatic rings. The molecule has 0 fully saturated rings. The van der Waals surface area contributed by atoms with Gasteiger partial charge < -0.3 is 9.47 Å². The number of anilines is 3. The summed E-state index contributed by atoms with van der Waals surface area (Å²) in [5.74, 6) is 0. The summed E-state index contributed by atoms with van der Waals surface area (Å²) in [5.41, 5.74) is 18.7. The van der Waals surface area contributed by atoms with Crippen molar-refractivity contribution in [3.63, 3.8) is 0 Å². The highest BCUT2D eigenvalue weighted by molar-refractivity contribution is 6.09. The first-order valence-electron chi connectivity index (χ1n) is 21.3. The summed E-state index contributed by atoms with van der Waals surface area (Å²) >= 11 is 0. The van der Waals surface area contributed by atoms with Crippen LogP contribution >= 0.6 is 0 Å². The molecule has 0 saturated heterocycles. The predicted octanol–water partition coefficient (Wildman–Crippen LogP) is 16.6. The molecular formula is C60H42N2. The van der Waals surface area contributed by atoms with E-state index in [4.69, 9.17) is 0 Å². The van der Waals surface area contributed by atoms with E-state index in [1.165, 1.54) is 66.3 Å². The van der Waals surface area contributed by atoms with Gasteiger partial charge in [-0.3, -0.25) is 0 Å². The zero-order chi connectivity index (χ0) is 41.2. The van der Waals surface area contributed by atoms with E-state index in [-0.39, 0.29) is 0 Å². The maximum Gasteiger partial charge on any atom is 0.0541 e. The fourth-order valence-corrected chi connectivity index (χ4v) is 9.18. The molecule has 0 radical (unpaired) electrons. The minimum Gasteiger partial charge on any atom is -0.310 e. The summed E-state index contributed by atoms with van der Waals surface area (Å²) in [5, 5.41) is 2.51. The Labute approximate surface area is 362 Å². The number of para-hydroxylation sites is 4. The van der Waals surface area contributed by atoms with E-state index in [0.717, 1.165) is 33.9 Å². The van der Waals surface area contributed by atoms with Crippen LogP contribution in [0.1, 0.15) is 0 Å². The van der Waals surface area contributed by atoms with Gasteiger partial charge in [0.15, 0.2) is 0 Å². The average Bonchev–Trinajstić information content (AvgIpc) is 3.69. The lowest BCUT2D eigenvalue weighted by molar-refractivity contribution is 1.18. The number of aromatic nitrogens is 1. The van der Waals surface area contributed by atoms with Crippen molar-refractivity contribution in [1.82, 2.24) is 4.57 Å². The molecule has 0 amide bonds. The van der Waals surface area contributed by atoms with Crippen molar-refractivity contribution in [3.05, 3.63) is 255 Å². The van der Waals surface area contributed by atoms with Gasteiger partial charge in [0.1, 0.15) is 0 Å². The maximum atomic E-state index is 2.41. The molecule has 0 bridgehead atoms. The minimum absolute atomic E-state index is 1.07. The lowest BCUT2D eigenvalue weighted by Crippen LogP contribution is -2.11. The standard InChI is InChI=1S/C60H42N2/c1-3-19-43(20-4-1)44-35-39-47(40-36-44)61(58-32-16-12-28-54(58)53-27-10-9-26-52(53)51-25-8-7-23-49(51)45-21-5-2-6-22-45)48-41-37-46(38-42-48)50-24-11-15-31-57(50)62-59-33-17-13-29-55(59)56-30-14-18-34-60(56)62/h1-42H. The quantitative estimate of drug-likeness (QED) is 0.141. The fourth-order valence-electron chi connectivity index (χ4n) is 9.18. The third-order valence-electron chi connectivity index (χ3n) is 12.1. The number of fused-ring (bicyclic) bond motifs is 3. The minimum atomic E-state index is 1.07. The molecule has 11 aromatic rings. The zero-order valence-electron chi connectivity index (χ0n) is 34.1. The van der Waals surface area contributed by atoms with Gasteiger partial charge >= 0.3 is 0 Å². The molecule has 11 rings (SSSR count). The van der Waals surface area contributed by atoms with Crippen LogP contribution in [0.25, 0.3) is 83.1 Å². The van der Waals surface area contributed by atoms with Gasteiger partial charge in [-0.25, -0.2) is 0 Å². The van der Waals surface area contributed by atoms with Gasteiger partial charge in [-0.1, -0.05) is 206 Å². The predicted molar refractivity (Wildman–Crippen MR) is 263 cm³/mol. The van der Waals surface area contributed by atoms with Gasteiger partial charge in [0.2, 0.25) is 0 Å². The summed E-state index contributed by atoms with van der Waals surface area (Å²) in [6.45, 7) is 0. The summed E-state index contributed by atoms with van der Waals surface area (Å²) < 4.78 is 2.41. The Morgan fingerprint density at radius 2 is 0.613 bits per heavy atom. The van der Waals surface area contributed by atoms with Gasteiger partial charge in [0.05, 0.1) is 22.4 Å². The van der Waals surface area contributed by atoms with Crippen LogP contribution in [0.2, 0.25) is 0 Å². The monoisotopic (exact) mass is 790 g/mol. The Balaban J connectivity index is 1.06. The Bertz CT molecular complexity index is 3270. The van der Waals surface area contributed by atoms with E-state index < -0.39 is 0 Å². The molecule has 1 aromatic heterocycles. The van der Waals surface area contributed by atoms with E-state index in [9.17, 15) is 0 Å². The Kier molecular flexibility index (Phi) is 9.57. The van der Waals surface area contributed by atoms with Crippen LogP contribution in [-0.4, -0.2) is 4.57 Å². The van der Waals surface area contributed by atoms with Crippen LogP contribution in [0.3, 0.4) is 0 Å². The first-order chi connectivity index (χ1) is 30.8. The second kappa shape index (κ2) is 16.1. The molecule has 0 atom stereocenters. The molecule has 0 saturated carbocycles. The number of nitrogens with zero attached hydrogens (tertiary/aromatic N) is 2. The molecule has 0 unspecified atom stereocenters. The molecule has 0 aliphatic heterocycles. The van der Waals surface area contributed by atoms with Gasteiger partial charge in [-0.2, -0.15) is 0 Å². The number of hydrogen-bond acceptors (Lipinski definition) is 1. The SMILES string of the molecule is c1ccc(-c2ccc(N(c3ccc(-c4ccccc4-n4c5ccccc5c5ccccc54)cc3)c3ccccc3-c3ccccc3-c3ccccc3-c3ccccc3)cc2)cc1. The first kappa shape index (κ1) is 36.8. The highest BCUT2D eigenvalue weighted by Gasteiger charge is 2.21.